The molecule has 0 saturated heterocycles. The lowest BCUT2D eigenvalue weighted by Gasteiger charge is -2.19. The highest BCUT2D eigenvalue weighted by molar-refractivity contribution is 6.08. The molecular weight excluding hydrogens is 496 g/mol. The first kappa shape index (κ1) is 25.8. The topological polar surface area (TPSA) is 91.7 Å². The van der Waals surface area contributed by atoms with Crippen LogP contribution in [-0.2, 0) is 24.7 Å². The molecule has 0 bridgehead atoms. The number of aromatic nitrogens is 4. The molecule has 18 heteroatoms. The Hall–Kier alpha value is -3.47. The van der Waals surface area contributed by atoms with Crippen molar-refractivity contribution in [1.29, 1.82) is 0 Å². The quantitative estimate of drug-likeness (QED) is 0.275. The van der Waals surface area contributed by atoms with Crippen LogP contribution in [-0.4, -0.2) is 25.7 Å². The van der Waals surface area contributed by atoms with Crippen LogP contribution in [0.1, 0.15) is 39.0 Å². The van der Waals surface area contributed by atoms with Crippen molar-refractivity contribution in [2.75, 3.05) is 0 Å². The summed E-state index contributed by atoms with van der Waals surface area (Å²) >= 11 is 0. The van der Waals surface area contributed by atoms with Crippen LogP contribution in [0.3, 0.4) is 0 Å². The van der Waals surface area contributed by atoms with Gasteiger partial charge in [0.1, 0.15) is 0 Å². The summed E-state index contributed by atoms with van der Waals surface area (Å²) in [5, 5.41) is 12.0. The third-order valence-corrected chi connectivity index (χ3v) is 3.41. The third-order valence-electron chi connectivity index (χ3n) is 3.41. The minimum absolute atomic E-state index is 0.265. The van der Waals surface area contributed by atoms with E-state index in [1.54, 1.807) is 0 Å². The first-order valence-electron chi connectivity index (χ1n) is 7.69. The molecule has 0 radical (unpaired) electrons. The summed E-state index contributed by atoms with van der Waals surface area (Å²) in [6.07, 6.45) is -23.3. The highest BCUT2D eigenvalue weighted by atomic mass is 19.4. The second kappa shape index (κ2) is 8.14. The minimum Gasteiger partial charge on any atom is -0.872 e. The number of hydrogen-bond acceptors (Lipinski definition) is 6. The molecule has 33 heavy (non-hydrogen) atoms. The average Bonchev–Trinajstić information content (AvgIpc) is 2.64. The van der Waals surface area contributed by atoms with E-state index in [0.29, 0.717) is 0 Å². The Bertz CT molecular complexity index is 1100. The maximum absolute atomic E-state index is 13.0. The molecule has 0 aliphatic heterocycles. The van der Waals surface area contributed by atoms with Gasteiger partial charge in [-0.05, 0) is 6.08 Å². The van der Waals surface area contributed by atoms with Gasteiger partial charge in [-0.1, -0.05) is 5.76 Å². The first-order chi connectivity index (χ1) is 14.7. The van der Waals surface area contributed by atoms with Crippen LogP contribution in [0.2, 0.25) is 0 Å². The Morgan fingerprint density at radius 2 is 1.03 bits per heavy atom. The maximum atomic E-state index is 13.0. The molecule has 0 fully saturated rings. The van der Waals surface area contributed by atoms with E-state index in [1.807, 2.05) is 0 Å². The van der Waals surface area contributed by atoms with Gasteiger partial charge in [-0.25, -0.2) is 19.9 Å². The summed E-state index contributed by atoms with van der Waals surface area (Å²) in [4.78, 5) is 21.3. The lowest BCUT2D eigenvalue weighted by atomic mass is 10.1. The molecule has 0 saturated carbocycles. The monoisotopic (exact) mass is 499 g/mol. The van der Waals surface area contributed by atoms with E-state index in [9.17, 15) is 62.6 Å². The van der Waals surface area contributed by atoms with Crippen LogP contribution < -0.4 is 5.11 Å². The van der Waals surface area contributed by atoms with Crippen LogP contribution >= 0.6 is 0 Å². The number of alkyl halides is 12. The van der Waals surface area contributed by atoms with Crippen molar-refractivity contribution in [3.63, 3.8) is 0 Å². The first-order valence-corrected chi connectivity index (χ1v) is 7.69. The maximum Gasteiger partial charge on any atom is 0.451 e. The highest BCUT2D eigenvalue weighted by Gasteiger charge is 2.43. The summed E-state index contributed by atoms with van der Waals surface area (Å²) in [6, 6.07) is 0. The minimum atomic E-state index is -5.70. The fraction of sp³-hybridized carbons (Fsp3) is 0.267. The zero-order chi connectivity index (χ0) is 25.6. The smallest absolute Gasteiger partial charge is 0.451 e. The molecule has 0 aromatic carbocycles. The number of rotatable bonds is 3. The van der Waals surface area contributed by atoms with Gasteiger partial charge in [-0.2, -0.15) is 52.7 Å². The number of nitrogens with zero attached hydrogens (tertiary/aromatic N) is 4. The Balaban J connectivity index is 2.62. The number of ketones is 1. The predicted octanol–water partition coefficient (Wildman–Crippen LogP) is 3.93. The fourth-order valence-corrected chi connectivity index (χ4v) is 2.10. The van der Waals surface area contributed by atoms with Crippen molar-refractivity contribution in [3.05, 3.63) is 52.6 Å². The second-order valence-electron chi connectivity index (χ2n) is 5.78. The van der Waals surface area contributed by atoms with Gasteiger partial charge in [0.05, 0.1) is 5.56 Å². The molecule has 0 N–H and O–H groups in total. The van der Waals surface area contributed by atoms with Crippen molar-refractivity contribution < 1.29 is 62.6 Å². The van der Waals surface area contributed by atoms with E-state index in [0.717, 1.165) is 0 Å². The molecule has 0 amide bonds. The number of hydrogen-bond donors (Lipinski definition) is 0. The molecule has 2 heterocycles. The average molecular weight is 499 g/mol. The summed E-state index contributed by atoms with van der Waals surface area (Å²) in [5.41, 5.74) is -8.41. The lowest BCUT2D eigenvalue weighted by molar-refractivity contribution is -0.244. The summed E-state index contributed by atoms with van der Waals surface area (Å²) in [7, 11) is 0. The lowest BCUT2D eigenvalue weighted by Crippen LogP contribution is -2.22. The number of carbonyl (C=O) groups is 1. The molecule has 0 aliphatic rings. The molecule has 2 aromatic heterocycles. The highest BCUT2D eigenvalue weighted by Crippen LogP contribution is 2.36. The third kappa shape index (κ3) is 5.86. The van der Waals surface area contributed by atoms with Crippen molar-refractivity contribution >= 4 is 11.5 Å². The number of allylic oxidation sites excluding steroid dienone is 1. The molecule has 0 spiro atoms. The Labute approximate surface area is 172 Å². The molecule has 2 rings (SSSR count). The normalized spacial score (nSPS) is 13.9. The summed E-state index contributed by atoms with van der Waals surface area (Å²) in [6.45, 7) is 0. The standard InChI is InChI=1S/C15H4F12N4O2/c16-12(17,18)8-4(2-28-10(30-8)14(22,23)24)6(32)1-7(33)5-3-29-11(15(25,26)27)31-9(5)13(19,20)21/h1-3,32H/p-1/b6-1-. The van der Waals surface area contributed by atoms with Gasteiger partial charge in [-0.15, -0.1) is 0 Å². The number of halogens is 12. The summed E-state index contributed by atoms with van der Waals surface area (Å²) < 4.78 is 153. The molecule has 180 valence electrons. The van der Waals surface area contributed by atoms with Gasteiger partial charge in [-0.3, -0.25) is 4.79 Å². The van der Waals surface area contributed by atoms with Crippen molar-refractivity contribution in [3.8, 4) is 0 Å². The number of carbonyl (C=O) groups excluding carboxylic acids is 1. The van der Waals surface area contributed by atoms with E-state index in [-0.39, 0.29) is 12.4 Å². The summed E-state index contributed by atoms with van der Waals surface area (Å²) in [5.74, 6) is -8.80. The van der Waals surface area contributed by atoms with Crippen molar-refractivity contribution in [2.45, 2.75) is 24.7 Å². The van der Waals surface area contributed by atoms with Gasteiger partial charge in [0.25, 0.3) is 0 Å². The Kier molecular flexibility index (Phi) is 6.36. The van der Waals surface area contributed by atoms with Crippen LogP contribution in [0.15, 0.2) is 18.5 Å². The van der Waals surface area contributed by atoms with Gasteiger partial charge in [0.2, 0.25) is 11.6 Å². The van der Waals surface area contributed by atoms with E-state index in [1.165, 1.54) is 0 Å². The molecule has 6 nitrogen and oxygen atoms in total. The van der Waals surface area contributed by atoms with Crippen LogP contribution in [0.4, 0.5) is 52.7 Å². The van der Waals surface area contributed by atoms with Crippen molar-refractivity contribution in [1.82, 2.24) is 19.9 Å². The van der Waals surface area contributed by atoms with E-state index in [4.69, 9.17) is 0 Å². The van der Waals surface area contributed by atoms with E-state index >= 15 is 0 Å². The van der Waals surface area contributed by atoms with Gasteiger partial charge < -0.3 is 5.11 Å². The van der Waals surface area contributed by atoms with Crippen LogP contribution in [0, 0.1) is 0 Å². The largest absolute Gasteiger partial charge is 0.872 e. The Morgan fingerprint density at radius 3 is 1.39 bits per heavy atom. The van der Waals surface area contributed by atoms with E-state index < -0.39 is 76.5 Å². The van der Waals surface area contributed by atoms with Gasteiger partial charge in [0, 0.05) is 18.0 Å². The molecule has 0 atom stereocenters. The molecule has 2 aromatic rings. The zero-order valence-electron chi connectivity index (χ0n) is 14.9. The van der Waals surface area contributed by atoms with Crippen LogP contribution in [0.25, 0.3) is 5.76 Å². The second-order valence-corrected chi connectivity index (χ2v) is 5.78. The SMILES string of the molecule is O=C(/C=C(\[O-])c1cnc(C(F)(F)F)nc1C(F)(F)F)c1cnc(C(F)(F)F)nc1C(F)(F)F. The zero-order valence-corrected chi connectivity index (χ0v) is 14.9. The fourth-order valence-electron chi connectivity index (χ4n) is 2.10. The predicted molar refractivity (Wildman–Crippen MR) is 76.4 cm³/mol. The molecule has 0 aliphatic carbocycles. The van der Waals surface area contributed by atoms with Crippen LogP contribution in [0.5, 0.6) is 0 Å². The van der Waals surface area contributed by atoms with Gasteiger partial charge in [0.15, 0.2) is 17.2 Å². The van der Waals surface area contributed by atoms with Crippen molar-refractivity contribution in [2.24, 2.45) is 0 Å². The molecular formula is C15H3F12N4O2-. The van der Waals surface area contributed by atoms with E-state index in [2.05, 4.69) is 19.9 Å². The Morgan fingerprint density at radius 1 is 0.667 bits per heavy atom. The molecule has 0 unspecified atom stereocenters. The van der Waals surface area contributed by atoms with Gasteiger partial charge >= 0.3 is 24.7 Å².